The van der Waals surface area contributed by atoms with Crippen LogP contribution in [0.4, 0.5) is 0 Å². The molecule has 8 heteroatoms. The molecule has 0 aliphatic carbocycles. The summed E-state index contributed by atoms with van der Waals surface area (Å²) in [4.78, 5) is 27.2. The largest absolute Gasteiger partial charge is 0.465 e. The van der Waals surface area contributed by atoms with Crippen molar-refractivity contribution in [2.45, 2.75) is 24.8 Å². The monoisotopic (exact) mass is 483 g/mol. The van der Waals surface area contributed by atoms with Crippen LogP contribution >= 0.6 is 11.3 Å². The summed E-state index contributed by atoms with van der Waals surface area (Å²) in [6, 6.07) is 16.9. The molecule has 1 N–H and O–H groups in total. The van der Waals surface area contributed by atoms with Crippen LogP contribution < -0.4 is 4.72 Å². The Labute approximate surface area is 198 Å². The maximum absolute atomic E-state index is 13.5. The first-order chi connectivity index (χ1) is 15.8. The van der Waals surface area contributed by atoms with Crippen molar-refractivity contribution in [2.75, 3.05) is 6.61 Å². The van der Waals surface area contributed by atoms with Gasteiger partial charge in [0.25, 0.3) is 0 Å². The molecule has 0 aliphatic rings. The van der Waals surface area contributed by atoms with E-state index in [1.165, 1.54) is 29.5 Å². The van der Waals surface area contributed by atoms with Crippen LogP contribution in [0.25, 0.3) is 6.08 Å². The minimum absolute atomic E-state index is 0.00352. The van der Waals surface area contributed by atoms with Crippen molar-refractivity contribution in [1.82, 2.24) is 4.72 Å². The van der Waals surface area contributed by atoms with Gasteiger partial charge in [0, 0.05) is 10.4 Å². The molecule has 0 radical (unpaired) electrons. The molecule has 0 bridgehead atoms. The number of aryl methyl sites for hydroxylation is 1. The fourth-order valence-corrected chi connectivity index (χ4v) is 5.02. The van der Waals surface area contributed by atoms with Crippen molar-refractivity contribution in [3.63, 3.8) is 0 Å². The summed E-state index contributed by atoms with van der Waals surface area (Å²) < 4.78 is 34.0. The Morgan fingerprint density at radius 3 is 2.33 bits per heavy atom. The molecule has 33 heavy (non-hydrogen) atoms. The number of carbonyl (C=O) groups is 2. The Kier molecular flexibility index (Phi) is 8.32. The van der Waals surface area contributed by atoms with Crippen LogP contribution in [0.15, 0.2) is 83.1 Å². The third-order valence-corrected chi connectivity index (χ3v) is 7.18. The number of Topliss-reactive ketones (excluding diaryl/α,β-unsaturated/α-hetero) is 1. The summed E-state index contributed by atoms with van der Waals surface area (Å²) in [6.45, 7) is 3.60. The van der Waals surface area contributed by atoms with E-state index in [1.807, 2.05) is 24.4 Å². The molecule has 0 spiro atoms. The molecule has 0 fully saturated rings. The average molecular weight is 484 g/mol. The van der Waals surface area contributed by atoms with Gasteiger partial charge in [0.15, 0.2) is 5.78 Å². The second-order valence-electron chi connectivity index (χ2n) is 7.29. The maximum Gasteiger partial charge on any atom is 0.314 e. The van der Waals surface area contributed by atoms with Crippen molar-refractivity contribution < 1.29 is 22.7 Å². The molecule has 3 aromatic rings. The van der Waals surface area contributed by atoms with E-state index in [9.17, 15) is 18.0 Å². The van der Waals surface area contributed by atoms with Crippen molar-refractivity contribution in [2.24, 2.45) is 5.92 Å². The van der Waals surface area contributed by atoms with E-state index in [-0.39, 0.29) is 17.1 Å². The lowest BCUT2D eigenvalue weighted by atomic mass is 9.92. The van der Waals surface area contributed by atoms with Gasteiger partial charge in [-0.2, -0.15) is 4.72 Å². The number of ether oxygens (including phenoxy) is 1. The van der Waals surface area contributed by atoms with Gasteiger partial charge >= 0.3 is 5.97 Å². The van der Waals surface area contributed by atoms with Gasteiger partial charge < -0.3 is 4.74 Å². The summed E-state index contributed by atoms with van der Waals surface area (Å²) in [5.74, 6) is -2.38. The van der Waals surface area contributed by atoms with Crippen molar-refractivity contribution in [3.8, 4) is 0 Å². The van der Waals surface area contributed by atoms with Crippen molar-refractivity contribution in [3.05, 3.63) is 94.2 Å². The summed E-state index contributed by atoms with van der Waals surface area (Å²) in [5, 5.41) is 1.88. The van der Waals surface area contributed by atoms with Gasteiger partial charge in [0.1, 0.15) is 6.04 Å². The number of ketones is 1. The van der Waals surface area contributed by atoms with Crippen molar-refractivity contribution in [1.29, 1.82) is 0 Å². The highest BCUT2D eigenvalue weighted by Gasteiger charge is 2.37. The van der Waals surface area contributed by atoms with Crippen LogP contribution in [-0.2, 0) is 19.6 Å². The second kappa shape index (κ2) is 11.2. The zero-order chi connectivity index (χ0) is 23.8. The van der Waals surface area contributed by atoms with Crippen molar-refractivity contribution >= 4 is 39.2 Å². The molecule has 1 heterocycles. The zero-order valence-corrected chi connectivity index (χ0v) is 19.9. The summed E-state index contributed by atoms with van der Waals surface area (Å²) in [5.41, 5.74) is 1.18. The lowest BCUT2D eigenvalue weighted by Crippen LogP contribution is -2.48. The number of benzene rings is 2. The maximum atomic E-state index is 13.5. The molecule has 0 amide bonds. The molecule has 0 saturated heterocycles. The van der Waals surface area contributed by atoms with Crippen LogP contribution in [-0.4, -0.2) is 32.8 Å². The van der Waals surface area contributed by atoms with Crippen LogP contribution in [0.2, 0.25) is 0 Å². The quantitative estimate of drug-likeness (QED) is 0.339. The number of rotatable bonds is 10. The van der Waals surface area contributed by atoms with Gasteiger partial charge in [-0.3, -0.25) is 9.59 Å². The normalized spacial score (nSPS) is 13.5. The number of carbonyl (C=O) groups excluding carboxylic acids is 2. The standard InChI is InChI=1S/C25H25NO5S2/c1-3-31-25(28)22(16-13-20-10-7-17-32-20)23(24(27)19-8-5-4-6-9-19)26-33(29,30)21-14-11-18(2)12-15-21/h4-17,22-23,26H,3H2,1-2H3/b16-13+. The molecule has 2 unspecified atom stereocenters. The van der Waals surface area contributed by atoms with Gasteiger partial charge in [0.05, 0.1) is 17.4 Å². The SMILES string of the molecule is CCOC(=O)C(/C=C/c1cccs1)C(NS(=O)(=O)c1ccc(C)cc1)C(=O)c1ccccc1. The highest BCUT2D eigenvalue weighted by atomic mass is 32.2. The summed E-state index contributed by atoms with van der Waals surface area (Å²) in [7, 11) is -4.10. The highest BCUT2D eigenvalue weighted by Crippen LogP contribution is 2.21. The number of nitrogens with one attached hydrogen (secondary N) is 1. The van der Waals surface area contributed by atoms with E-state index in [1.54, 1.807) is 55.5 Å². The number of sulfonamides is 1. The first kappa shape index (κ1) is 24.6. The zero-order valence-electron chi connectivity index (χ0n) is 18.3. The van der Waals surface area contributed by atoms with E-state index in [4.69, 9.17) is 4.74 Å². The Morgan fingerprint density at radius 1 is 1.03 bits per heavy atom. The number of hydrogen-bond donors (Lipinski definition) is 1. The molecule has 2 aromatic carbocycles. The minimum Gasteiger partial charge on any atom is -0.465 e. The lowest BCUT2D eigenvalue weighted by molar-refractivity contribution is -0.146. The van der Waals surface area contributed by atoms with Gasteiger partial charge in [0.2, 0.25) is 10.0 Å². The second-order valence-corrected chi connectivity index (χ2v) is 9.99. The molecule has 0 saturated carbocycles. The summed E-state index contributed by atoms with van der Waals surface area (Å²) in [6.07, 6.45) is 3.21. The number of esters is 1. The van der Waals surface area contributed by atoms with E-state index in [0.717, 1.165) is 10.4 Å². The predicted octanol–water partition coefficient (Wildman–Crippen LogP) is 4.48. The van der Waals surface area contributed by atoms with Crippen LogP contribution in [0.5, 0.6) is 0 Å². The Hall–Kier alpha value is -3.07. The first-order valence-corrected chi connectivity index (χ1v) is 12.7. The predicted molar refractivity (Wildman–Crippen MR) is 130 cm³/mol. The molecular weight excluding hydrogens is 458 g/mol. The smallest absolute Gasteiger partial charge is 0.314 e. The molecule has 1 aromatic heterocycles. The number of hydrogen-bond acceptors (Lipinski definition) is 6. The summed E-state index contributed by atoms with van der Waals surface area (Å²) >= 11 is 1.46. The third-order valence-electron chi connectivity index (χ3n) is 4.88. The topological polar surface area (TPSA) is 89.5 Å². The Morgan fingerprint density at radius 2 is 1.73 bits per heavy atom. The van der Waals surface area contributed by atoms with Crippen LogP contribution in [0.3, 0.4) is 0 Å². The van der Waals surface area contributed by atoms with Gasteiger partial charge in [-0.05, 0) is 43.5 Å². The minimum atomic E-state index is -4.10. The molecule has 0 aliphatic heterocycles. The van der Waals surface area contributed by atoms with E-state index < -0.39 is 33.7 Å². The van der Waals surface area contributed by atoms with Crippen LogP contribution in [0, 0.1) is 12.8 Å². The lowest BCUT2D eigenvalue weighted by Gasteiger charge is -2.23. The van der Waals surface area contributed by atoms with E-state index >= 15 is 0 Å². The van der Waals surface area contributed by atoms with Gasteiger partial charge in [-0.15, -0.1) is 11.3 Å². The highest BCUT2D eigenvalue weighted by molar-refractivity contribution is 7.89. The molecule has 6 nitrogen and oxygen atoms in total. The molecule has 172 valence electrons. The molecular formula is C25H25NO5S2. The number of thiophene rings is 1. The molecule has 3 rings (SSSR count). The van der Waals surface area contributed by atoms with E-state index in [0.29, 0.717) is 0 Å². The Bertz CT molecular complexity index is 1200. The van der Waals surface area contributed by atoms with Crippen LogP contribution in [0.1, 0.15) is 27.7 Å². The average Bonchev–Trinajstić information content (AvgIpc) is 3.32. The third kappa shape index (κ3) is 6.47. The van der Waals surface area contributed by atoms with Gasteiger partial charge in [-0.25, -0.2) is 8.42 Å². The molecule has 2 atom stereocenters. The Balaban J connectivity index is 2.05. The van der Waals surface area contributed by atoms with Gasteiger partial charge in [-0.1, -0.05) is 60.2 Å². The van der Waals surface area contributed by atoms with E-state index in [2.05, 4.69) is 4.72 Å². The fourth-order valence-electron chi connectivity index (χ4n) is 3.17. The fraction of sp³-hybridized carbons (Fsp3) is 0.200. The first-order valence-electron chi connectivity index (χ1n) is 10.4.